The highest BCUT2D eigenvalue weighted by Gasteiger charge is 2.24. The smallest absolute Gasteiger partial charge is 0.263 e. The molecule has 0 radical (unpaired) electrons. The molecular formula is C14H18FN3O2. The van der Waals surface area contributed by atoms with Crippen molar-refractivity contribution < 1.29 is 13.7 Å². The van der Waals surface area contributed by atoms with Crippen LogP contribution in [0.3, 0.4) is 0 Å². The molecule has 0 saturated heterocycles. The first kappa shape index (κ1) is 14.5. The molecule has 2 aromatic rings. The molecule has 1 aromatic heterocycles. The van der Waals surface area contributed by atoms with Gasteiger partial charge in [0.15, 0.2) is 0 Å². The predicted octanol–water partition coefficient (Wildman–Crippen LogP) is 3.19. The van der Waals surface area contributed by atoms with Crippen LogP contribution in [0.2, 0.25) is 0 Å². The van der Waals surface area contributed by atoms with Crippen LogP contribution < -0.4 is 5.73 Å². The largest absolute Gasteiger partial charge is 0.398 e. The minimum absolute atomic E-state index is 0.0703. The number of nitrogen functional groups attached to an aromatic ring is 1. The van der Waals surface area contributed by atoms with Gasteiger partial charge in [-0.15, -0.1) is 0 Å². The van der Waals surface area contributed by atoms with Crippen LogP contribution in [0, 0.1) is 11.7 Å². The average molecular weight is 279 g/mol. The van der Waals surface area contributed by atoms with E-state index < -0.39 is 5.82 Å². The molecule has 0 aliphatic carbocycles. The normalized spacial score (nSPS) is 12.8. The third kappa shape index (κ3) is 2.80. The molecule has 1 unspecified atom stereocenters. The summed E-state index contributed by atoms with van der Waals surface area (Å²) in [6.45, 7) is 6.42. The van der Waals surface area contributed by atoms with E-state index in [1.54, 1.807) is 6.07 Å². The fourth-order valence-corrected chi connectivity index (χ4v) is 1.96. The Bertz CT molecular complexity index is 563. The summed E-state index contributed by atoms with van der Waals surface area (Å²) in [4.78, 5) is 4.22. The maximum absolute atomic E-state index is 13.8. The van der Waals surface area contributed by atoms with Crippen LogP contribution in [0.4, 0.5) is 10.1 Å². The van der Waals surface area contributed by atoms with Gasteiger partial charge in [-0.2, -0.15) is 4.98 Å². The highest BCUT2D eigenvalue weighted by Crippen LogP contribution is 2.30. The lowest BCUT2D eigenvalue weighted by molar-refractivity contribution is 0.0217. The van der Waals surface area contributed by atoms with Crippen molar-refractivity contribution >= 4 is 5.69 Å². The lowest BCUT2D eigenvalue weighted by atomic mass is 10.1. The molecule has 0 bridgehead atoms. The number of anilines is 1. The van der Waals surface area contributed by atoms with Gasteiger partial charge < -0.3 is 15.0 Å². The van der Waals surface area contributed by atoms with E-state index in [2.05, 4.69) is 10.1 Å². The van der Waals surface area contributed by atoms with Gasteiger partial charge in [0, 0.05) is 12.3 Å². The summed E-state index contributed by atoms with van der Waals surface area (Å²) in [6, 6.07) is 4.42. The Hall–Kier alpha value is -1.95. The van der Waals surface area contributed by atoms with Crippen molar-refractivity contribution in [3.8, 4) is 11.5 Å². The van der Waals surface area contributed by atoms with Crippen LogP contribution in [-0.2, 0) is 4.74 Å². The fraction of sp³-hybridized carbons (Fsp3) is 0.429. The summed E-state index contributed by atoms with van der Waals surface area (Å²) in [5.41, 5.74) is 6.15. The highest BCUT2D eigenvalue weighted by atomic mass is 19.1. The van der Waals surface area contributed by atoms with Crippen LogP contribution in [0.5, 0.6) is 0 Å². The van der Waals surface area contributed by atoms with E-state index in [0.29, 0.717) is 12.4 Å². The number of ether oxygens (including phenoxy) is 1. The summed E-state index contributed by atoms with van der Waals surface area (Å²) < 4.78 is 24.5. The van der Waals surface area contributed by atoms with Crippen LogP contribution in [0.1, 0.15) is 32.7 Å². The summed E-state index contributed by atoms with van der Waals surface area (Å²) in [7, 11) is 0. The molecule has 1 aromatic carbocycles. The Morgan fingerprint density at radius 1 is 1.40 bits per heavy atom. The van der Waals surface area contributed by atoms with Crippen molar-refractivity contribution in [1.82, 2.24) is 10.1 Å². The number of hydrogen-bond donors (Lipinski definition) is 1. The molecule has 0 spiro atoms. The number of nitrogens with two attached hydrogens (primary N) is 1. The van der Waals surface area contributed by atoms with Crippen molar-refractivity contribution in [1.29, 1.82) is 0 Å². The number of rotatable bonds is 5. The van der Waals surface area contributed by atoms with Crippen molar-refractivity contribution in [2.75, 3.05) is 12.3 Å². The van der Waals surface area contributed by atoms with Crippen LogP contribution in [0.15, 0.2) is 22.7 Å². The Labute approximate surface area is 116 Å². The Balaban J connectivity index is 2.37. The van der Waals surface area contributed by atoms with Gasteiger partial charge in [0.1, 0.15) is 11.9 Å². The number of hydrogen-bond acceptors (Lipinski definition) is 5. The second-order valence-electron chi connectivity index (χ2n) is 4.78. The SMILES string of the molecule is CCOC(c1noc(-c2c(N)cccc2F)n1)C(C)C. The molecule has 0 amide bonds. The van der Waals surface area contributed by atoms with Crippen LogP contribution in [-0.4, -0.2) is 16.7 Å². The van der Waals surface area contributed by atoms with Gasteiger partial charge in [0.05, 0.1) is 5.56 Å². The van der Waals surface area contributed by atoms with Gasteiger partial charge in [-0.1, -0.05) is 25.1 Å². The number of nitrogens with zero attached hydrogens (tertiary/aromatic N) is 2. The third-order valence-electron chi connectivity index (χ3n) is 2.91. The van der Waals surface area contributed by atoms with Crippen LogP contribution in [0.25, 0.3) is 11.5 Å². The zero-order valence-electron chi connectivity index (χ0n) is 11.8. The molecule has 0 fully saturated rings. The maximum atomic E-state index is 13.8. The molecule has 1 heterocycles. The van der Waals surface area contributed by atoms with E-state index in [1.165, 1.54) is 12.1 Å². The van der Waals surface area contributed by atoms with Gasteiger partial charge in [-0.05, 0) is 25.0 Å². The van der Waals surface area contributed by atoms with E-state index >= 15 is 0 Å². The van der Waals surface area contributed by atoms with Crippen LogP contribution >= 0.6 is 0 Å². The molecule has 0 aliphatic rings. The number of halogens is 1. The van der Waals surface area contributed by atoms with Crippen molar-refractivity contribution in [2.24, 2.45) is 5.92 Å². The summed E-state index contributed by atoms with van der Waals surface area (Å²) in [6.07, 6.45) is -0.287. The number of benzene rings is 1. The molecule has 2 rings (SSSR count). The highest BCUT2D eigenvalue weighted by molar-refractivity contribution is 5.70. The Kier molecular flexibility index (Phi) is 4.34. The molecule has 1 atom stereocenters. The quantitative estimate of drug-likeness (QED) is 0.851. The maximum Gasteiger partial charge on any atom is 0.263 e. The first-order valence-corrected chi connectivity index (χ1v) is 6.54. The van der Waals surface area contributed by atoms with Crippen molar-refractivity contribution in [3.63, 3.8) is 0 Å². The zero-order chi connectivity index (χ0) is 14.7. The van der Waals surface area contributed by atoms with Gasteiger partial charge in [0.2, 0.25) is 5.82 Å². The van der Waals surface area contributed by atoms with E-state index in [0.717, 1.165) is 0 Å². The molecule has 20 heavy (non-hydrogen) atoms. The van der Waals surface area contributed by atoms with Gasteiger partial charge in [0.25, 0.3) is 5.89 Å². The lowest BCUT2D eigenvalue weighted by Crippen LogP contribution is -2.12. The molecular weight excluding hydrogens is 261 g/mol. The number of aromatic nitrogens is 2. The average Bonchev–Trinajstić information content (AvgIpc) is 2.84. The van der Waals surface area contributed by atoms with E-state index in [4.69, 9.17) is 15.0 Å². The Morgan fingerprint density at radius 2 is 2.15 bits per heavy atom. The fourth-order valence-electron chi connectivity index (χ4n) is 1.96. The monoisotopic (exact) mass is 279 g/mol. The summed E-state index contributed by atoms with van der Waals surface area (Å²) >= 11 is 0. The van der Waals surface area contributed by atoms with E-state index in [1.807, 2.05) is 20.8 Å². The second kappa shape index (κ2) is 6.00. The second-order valence-corrected chi connectivity index (χ2v) is 4.78. The van der Waals surface area contributed by atoms with Crippen molar-refractivity contribution in [2.45, 2.75) is 26.9 Å². The molecule has 0 aliphatic heterocycles. The minimum atomic E-state index is -0.488. The Morgan fingerprint density at radius 3 is 2.75 bits per heavy atom. The first-order chi connectivity index (χ1) is 9.54. The molecule has 108 valence electrons. The standard InChI is InChI=1S/C14H18FN3O2/c1-4-19-12(8(2)3)13-17-14(20-18-13)11-9(15)6-5-7-10(11)16/h5-8,12H,4,16H2,1-3H3. The third-order valence-corrected chi connectivity index (χ3v) is 2.91. The first-order valence-electron chi connectivity index (χ1n) is 6.54. The topological polar surface area (TPSA) is 74.2 Å². The zero-order valence-corrected chi connectivity index (χ0v) is 11.8. The molecule has 6 heteroatoms. The minimum Gasteiger partial charge on any atom is -0.398 e. The van der Waals surface area contributed by atoms with Gasteiger partial charge in [-0.3, -0.25) is 0 Å². The summed E-state index contributed by atoms with van der Waals surface area (Å²) in [5, 5.41) is 3.88. The van der Waals surface area contributed by atoms with Gasteiger partial charge >= 0.3 is 0 Å². The molecule has 0 saturated carbocycles. The van der Waals surface area contributed by atoms with E-state index in [9.17, 15) is 4.39 Å². The lowest BCUT2D eigenvalue weighted by Gasteiger charge is -2.16. The predicted molar refractivity (Wildman–Crippen MR) is 73.3 cm³/mol. The molecule has 2 N–H and O–H groups in total. The van der Waals surface area contributed by atoms with Gasteiger partial charge in [-0.25, -0.2) is 4.39 Å². The van der Waals surface area contributed by atoms with E-state index in [-0.39, 0.29) is 29.2 Å². The summed E-state index contributed by atoms with van der Waals surface area (Å²) in [5.74, 6) is 0.163. The van der Waals surface area contributed by atoms with Crippen molar-refractivity contribution in [3.05, 3.63) is 29.8 Å². The molecule has 5 nitrogen and oxygen atoms in total.